The van der Waals surface area contributed by atoms with Crippen molar-refractivity contribution < 1.29 is 14.3 Å². The van der Waals surface area contributed by atoms with Crippen LogP contribution in [0.15, 0.2) is 42.5 Å². The lowest BCUT2D eigenvalue weighted by molar-refractivity contribution is -0.149. The Labute approximate surface area is 156 Å². The van der Waals surface area contributed by atoms with Crippen molar-refractivity contribution in [3.05, 3.63) is 63.6 Å². The van der Waals surface area contributed by atoms with Gasteiger partial charge in [-0.05, 0) is 36.8 Å². The molecule has 2 aromatic rings. The maximum atomic E-state index is 12.3. The Bertz CT molecular complexity index is 805. The summed E-state index contributed by atoms with van der Waals surface area (Å²) < 4.78 is 5.34. The van der Waals surface area contributed by atoms with Crippen molar-refractivity contribution in [1.29, 1.82) is 0 Å². The minimum Gasteiger partial charge on any atom is -0.461 e. The SMILES string of the molecule is Cc1ccc(N2C[C@@H](C(=O)OCc3ccc(Cl)c(Cl)c3)CC2=O)cc1. The molecule has 4 nitrogen and oxygen atoms in total. The highest BCUT2D eigenvalue weighted by molar-refractivity contribution is 6.42. The van der Waals surface area contributed by atoms with Gasteiger partial charge in [-0.25, -0.2) is 0 Å². The second kappa shape index (κ2) is 7.46. The third kappa shape index (κ3) is 4.14. The normalized spacial score (nSPS) is 17.0. The number of hydrogen-bond acceptors (Lipinski definition) is 3. The van der Waals surface area contributed by atoms with Crippen molar-refractivity contribution in [2.75, 3.05) is 11.4 Å². The van der Waals surface area contributed by atoms with Gasteiger partial charge in [0.25, 0.3) is 0 Å². The Balaban J connectivity index is 1.60. The van der Waals surface area contributed by atoms with E-state index in [-0.39, 0.29) is 24.9 Å². The average Bonchev–Trinajstić information content (AvgIpc) is 2.98. The second-order valence-corrected chi connectivity index (χ2v) is 6.91. The van der Waals surface area contributed by atoms with Crippen LogP contribution in [0, 0.1) is 12.8 Å². The number of halogens is 2. The lowest BCUT2D eigenvalue weighted by atomic mass is 10.1. The van der Waals surface area contributed by atoms with Crippen LogP contribution in [0.25, 0.3) is 0 Å². The molecule has 0 unspecified atom stereocenters. The number of benzene rings is 2. The third-order valence-electron chi connectivity index (χ3n) is 4.17. The van der Waals surface area contributed by atoms with E-state index in [2.05, 4.69) is 0 Å². The van der Waals surface area contributed by atoms with Crippen molar-refractivity contribution >= 4 is 40.8 Å². The summed E-state index contributed by atoms with van der Waals surface area (Å²) >= 11 is 11.8. The zero-order valence-corrected chi connectivity index (χ0v) is 15.2. The molecule has 0 aliphatic carbocycles. The molecule has 1 fully saturated rings. The van der Waals surface area contributed by atoms with E-state index in [0.717, 1.165) is 16.8 Å². The lowest BCUT2D eigenvalue weighted by Crippen LogP contribution is -2.26. The lowest BCUT2D eigenvalue weighted by Gasteiger charge is -2.16. The third-order valence-corrected chi connectivity index (χ3v) is 4.91. The Hall–Kier alpha value is -2.04. The van der Waals surface area contributed by atoms with E-state index < -0.39 is 5.92 Å². The Morgan fingerprint density at radius 1 is 1.16 bits per heavy atom. The predicted molar refractivity (Wildman–Crippen MR) is 97.9 cm³/mol. The number of rotatable bonds is 4. The van der Waals surface area contributed by atoms with Crippen LogP contribution in [0.4, 0.5) is 5.69 Å². The Morgan fingerprint density at radius 3 is 2.56 bits per heavy atom. The van der Waals surface area contributed by atoms with Gasteiger partial charge in [0.1, 0.15) is 6.61 Å². The molecule has 1 aliphatic rings. The highest BCUT2D eigenvalue weighted by atomic mass is 35.5. The minimum atomic E-state index is -0.462. The number of ether oxygens (including phenoxy) is 1. The van der Waals surface area contributed by atoms with Crippen molar-refractivity contribution in [3.63, 3.8) is 0 Å². The van der Waals surface area contributed by atoms with Crippen molar-refractivity contribution in [2.45, 2.75) is 20.0 Å². The standard InChI is InChI=1S/C19H17Cl2NO3/c1-12-2-5-15(6-3-12)22-10-14(9-18(22)23)19(24)25-11-13-4-7-16(20)17(21)8-13/h2-8,14H,9-11H2,1H3/t14-/m0/s1. The summed E-state index contributed by atoms with van der Waals surface area (Å²) in [4.78, 5) is 26.1. The van der Waals surface area contributed by atoms with Gasteiger partial charge in [0, 0.05) is 18.7 Å². The molecule has 1 atom stereocenters. The zero-order valence-electron chi connectivity index (χ0n) is 13.7. The van der Waals surface area contributed by atoms with Gasteiger partial charge in [-0.3, -0.25) is 9.59 Å². The molecular weight excluding hydrogens is 361 g/mol. The van der Waals surface area contributed by atoms with Crippen LogP contribution >= 0.6 is 23.2 Å². The van der Waals surface area contributed by atoms with E-state index in [0.29, 0.717) is 16.6 Å². The number of nitrogens with zero attached hydrogens (tertiary/aromatic N) is 1. The van der Waals surface area contributed by atoms with Gasteiger partial charge in [0.2, 0.25) is 5.91 Å². The van der Waals surface area contributed by atoms with Crippen LogP contribution in [-0.4, -0.2) is 18.4 Å². The average molecular weight is 378 g/mol. The number of esters is 1. The second-order valence-electron chi connectivity index (χ2n) is 6.10. The Kier molecular flexibility index (Phi) is 5.30. The van der Waals surface area contributed by atoms with Crippen molar-refractivity contribution in [3.8, 4) is 0 Å². The largest absolute Gasteiger partial charge is 0.461 e. The first-order valence-electron chi connectivity index (χ1n) is 7.91. The zero-order chi connectivity index (χ0) is 18.0. The molecule has 6 heteroatoms. The predicted octanol–water partition coefficient (Wildman–Crippen LogP) is 4.40. The molecule has 1 heterocycles. The summed E-state index contributed by atoms with van der Waals surface area (Å²) in [6.45, 7) is 2.42. The minimum absolute atomic E-state index is 0.0691. The number of carbonyl (C=O) groups excluding carboxylic acids is 2. The first-order valence-corrected chi connectivity index (χ1v) is 8.67. The van der Waals surface area contributed by atoms with Gasteiger partial charge < -0.3 is 9.64 Å². The molecule has 1 amide bonds. The van der Waals surface area contributed by atoms with E-state index in [9.17, 15) is 9.59 Å². The van der Waals surface area contributed by atoms with Crippen LogP contribution in [-0.2, 0) is 20.9 Å². The number of hydrogen-bond donors (Lipinski definition) is 0. The van der Waals surface area contributed by atoms with Crippen LogP contribution in [0.1, 0.15) is 17.5 Å². The molecule has 1 saturated heterocycles. The number of anilines is 1. The fraction of sp³-hybridized carbons (Fsp3) is 0.263. The van der Waals surface area contributed by atoms with E-state index in [1.807, 2.05) is 31.2 Å². The molecule has 1 aliphatic heterocycles. The first-order chi connectivity index (χ1) is 11.9. The molecule has 130 valence electrons. The highest BCUT2D eigenvalue weighted by Crippen LogP contribution is 2.27. The van der Waals surface area contributed by atoms with E-state index in [1.165, 1.54) is 0 Å². The van der Waals surface area contributed by atoms with Crippen molar-refractivity contribution in [2.24, 2.45) is 5.92 Å². The van der Waals surface area contributed by atoms with Gasteiger partial charge in [-0.2, -0.15) is 0 Å². The number of carbonyl (C=O) groups is 2. The summed E-state index contributed by atoms with van der Waals surface area (Å²) in [6, 6.07) is 12.7. The molecular formula is C19H17Cl2NO3. The highest BCUT2D eigenvalue weighted by Gasteiger charge is 2.36. The topological polar surface area (TPSA) is 46.6 Å². The van der Waals surface area contributed by atoms with Crippen LogP contribution in [0.3, 0.4) is 0 Å². The smallest absolute Gasteiger partial charge is 0.311 e. The molecule has 0 aromatic heterocycles. The molecule has 0 radical (unpaired) electrons. The van der Waals surface area contributed by atoms with E-state index in [1.54, 1.807) is 23.1 Å². The quantitative estimate of drug-likeness (QED) is 0.741. The van der Waals surface area contributed by atoms with E-state index in [4.69, 9.17) is 27.9 Å². The summed E-state index contributed by atoms with van der Waals surface area (Å²) in [5, 5.41) is 0.865. The molecule has 0 bridgehead atoms. The molecule has 3 rings (SSSR count). The summed E-state index contributed by atoms with van der Waals surface area (Å²) in [5.74, 6) is -0.911. The summed E-state index contributed by atoms with van der Waals surface area (Å²) in [7, 11) is 0. The van der Waals surface area contributed by atoms with Crippen LogP contribution < -0.4 is 4.90 Å². The molecule has 2 aromatic carbocycles. The summed E-state index contributed by atoms with van der Waals surface area (Å²) in [5.41, 5.74) is 2.67. The van der Waals surface area contributed by atoms with Crippen LogP contribution in [0.5, 0.6) is 0 Å². The van der Waals surface area contributed by atoms with Crippen LogP contribution in [0.2, 0.25) is 10.0 Å². The van der Waals surface area contributed by atoms with Gasteiger partial charge >= 0.3 is 5.97 Å². The fourth-order valence-corrected chi connectivity index (χ4v) is 3.06. The van der Waals surface area contributed by atoms with Crippen molar-refractivity contribution in [1.82, 2.24) is 0 Å². The van der Waals surface area contributed by atoms with Gasteiger partial charge in [-0.1, -0.05) is 47.0 Å². The summed E-state index contributed by atoms with van der Waals surface area (Å²) in [6.07, 6.45) is 0.161. The molecule has 0 saturated carbocycles. The Morgan fingerprint density at radius 2 is 1.88 bits per heavy atom. The number of amides is 1. The fourth-order valence-electron chi connectivity index (χ4n) is 2.74. The van der Waals surface area contributed by atoms with Gasteiger partial charge in [0.05, 0.1) is 16.0 Å². The van der Waals surface area contributed by atoms with Gasteiger partial charge in [-0.15, -0.1) is 0 Å². The molecule has 25 heavy (non-hydrogen) atoms. The van der Waals surface area contributed by atoms with Gasteiger partial charge in [0.15, 0.2) is 0 Å². The van der Waals surface area contributed by atoms with E-state index >= 15 is 0 Å². The maximum Gasteiger partial charge on any atom is 0.311 e. The molecule has 0 N–H and O–H groups in total. The first kappa shape index (κ1) is 17.8. The monoisotopic (exact) mass is 377 g/mol. The number of aryl methyl sites for hydroxylation is 1. The molecule has 0 spiro atoms. The maximum absolute atomic E-state index is 12.3.